The molecule has 0 N–H and O–H groups in total. The summed E-state index contributed by atoms with van der Waals surface area (Å²) in [4.78, 5) is 0. The summed E-state index contributed by atoms with van der Waals surface area (Å²) < 4.78 is 0. The van der Waals surface area contributed by atoms with Gasteiger partial charge in [0.05, 0.1) is 0 Å². The van der Waals surface area contributed by atoms with E-state index in [0.717, 1.165) is 11.3 Å². The van der Waals surface area contributed by atoms with Gasteiger partial charge in [-0.25, -0.2) is 0 Å². The molecule has 1 atom stereocenters. The highest BCUT2D eigenvalue weighted by atomic mass is 14.5. The van der Waals surface area contributed by atoms with Crippen LogP contribution in [0.3, 0.4) is 0 Å². The Hall–Kier alpha value is -0.260. The van der Waals surface area contributed by atoms with Gasteiger partial charge in [0.25, 0.3) is 0 Å². The first kappa shape index (κ1) is 6.45. The molecule has 0 aromatic heterocycles. The monoisotopic (exact) mass is 136 g/mol. The van der Waals surface area contributed by atoms with E-state index in [1.54, 1.807) is 5.57 Å². The molecule has 0 aliphatic heterocycles. The van der Waals surface area contributed by atoms with Crippen LogP contribution >= 0.6 is 0 Å². The predicted octanol–water partition coefficient (Wildman–Crippen LogP) is 3.14. The molecule has 1 fully saturated rings. The second kappa shape index (κ2) is 1.87. The van der Waals surface area contributed by atoms with Crippen LogP contribution < -0.4 is 0 Å². The Kier molecular flexibility index (Phi) is 1.21. The van der Waals surface area contributed by atoms with E-state index >= 15 is 0 Å². The van der Waals surface area contributed by atoms with Crippen LogP contribution in [0.5, 0.6) is 0 Å². The van der Waals surface area contributed by atoms with E-state index in [9.17, 15) is 0 Å². The van der Waals surface area contributed by atoms with E-state index in [1.807, 2.05) is 0 Å². The van der Waals surface area contributed by atoms with Crippen LogP contribution in [0.25, 0.3) is 0 Å². The summed E-state index contributed by atoms with van der Waals surface area (Å²) in [6.45, 7) is 4.64. The van der Waals surface area contributed by atoms with Gasteiger partial charge in [-0.05, 0) is 43.9 Å². The maximum absolute atomic E-state index is 2.46. The van der Waals surface area contributed by atoms with Crippen molar-refractivity contribution in [2.45, 2.75) is 39.5 Å². The smallest absolute Gasteiger partial charge is 0.0229 e. The van der Waals surface area contributed by atoms with Gasteiger partial charge in [-0.1, -0.05) is 18.6 Å². The summed E-state index contributed by atoms with van der Waals surface area (Å²) in [7, 11) is 0. The molecule has 1 saturated carbocycles. The molecule has 0 aromatic carbocycles. The first-order valence-electron chi connectivity index (χ1n) is 4.39. The summed E-state index contributed by atoms with van der Waals surface area (Å²) in [5, 5.41) is 0. The molecule has 2 rings (SSSR count). The molecule has 0 bridgehead atoms. The summed E-state index contributed by atoms with van der Waals surface area (Å²) >= 11 is 0. The molecule has 0 amide bonds. The van der Waals surface area contributed by atoms with E-state index in [4.69, 9.17) is 0 Å². The summed E-state index contributed by atoms with van der Waals surface area (Å²) in [5.41, 5.74) is 2.43. The Bertz CT molecular complexity index is 172. The third kappa shape index (κ3) is 0.902. The van der Waals surface area contributed by atoms with Crippen molar-refractivity contribution in [3.63, 3.8) is 0 Å². The molecule has 0 heteroatoms. The lowest BCUT2D eigenvalue weighted by Gasteiger charge is -2.25. The summed E-state index contributed by atoms with van der Waals surface area (Å²) in [6, 6.07) is 0. The Morgan fingerprint density at radius 1 is 1.50 bits per heavy atom. The third-order valence-electron chi connectivity index (χ3n) is 3.33. The number of allylic oxidation sites excluding steroid dienone is 2. The molecule has 0 radical (unpaired) electrons. The lowest BCUT2D eigenvalue weighted by Crippen LogP contribution is -2.12. The average Bonchev–Trinajstić information content (AvgIpc) is 2.62. The van der Waals surface area contributed by atoms with Crippen molar-refractivity contribution in [3.05, 3.63) is 11.6 Å². The lowest BCUT2D eigenvalue weighted by molar-refractivity contribution is 0.380. The maximum Gasteiger partial charge on any atom is -0.0229 e. The normalized spacial score (nSPS) is 35.8. The van der Waals surface area contributed by atoms with E-state index < -0.39 is 0 Å². The number of hydrogen-bond acceptors (Lipinski definition) is 0. The molecule has 0 nitrogen and oxygen atoms in total. The van der Waals surface area contributed by atoms with E-state index in [0.29, 0.717) is 0 Å². The quantitative estimate of drug-likeness (QED) is 0.449. The molecule has 56 valence electrons. The molecule has 0 saturated heterocycles. The van der Waals surface area contributed by atoms with Gasteiger partial charge in [-0.3, -0.25) is 0 Å². The lowest BCUT2D eigenvalue weighted by atomic mass is 9.81. The minimum Gasteiger partial charge on any atom is -0.0848 e. The van der Waals surface area contributed by atoms with Gasteiger partial charge in [-0.2, -0.15) is 0 Å². The largest absolute Gasteiger partial charge is 0.0848 e. The van der Waals surface area contributed by atoms with Crippen molar-refractivity contribution in [2.75, 3.05) is 0 Å². The van der Waals surface area contributed by atoms with Crippen LogP contribution in [0.4, 0.5) is 0 Å². The Morgan fingerprint density at radius 3 is 2.70 bits per heavy atom. The Morgan fingerprint density at radius 2 is 2.20 bits per heavy atom. The molecule has 2 aliphatic rings. The van der Waals surface area contributed by atoms with Gasteiger partial charge in [0.15, 0.2) is 0 Å². The zero-order chi connectivity index (χ0) is 7.19. The molecular formula is C10H16. The second-order valence-electron chi connectivity index (χ2n) is 4.26. The summed E-state index contributed by atoms with van der Waals surface area (Å²) in [6.07, 6.45) is 8.31. The van der Waals surface area contributed by atoms with Crippen molar-refractivity contribution in [1.29, 1.82) is 0 Å². The first-order chi connectivity index (χ1) is 4.72. The van der Waals surface area contributed by atoms with Gasteiger partial charge >= 0.3 is 0 Å². The third-order valence-corrected chi connectivity index (χ3v) is 3.33. The SMILES string of the molecule is CC1=CCC2(CC2)CC1C. The van der Waals surface area contributed by atoms with E-state index in [2.05, 4.69) is 19.9 Å². The van der Waals surface area contributed by atoms with Crippen LogP contribution in [-0.2, 0) is 0 Å². The van der Waals surface area contributed by atoms with Crippen molar-refractivity contribution < 1.29 is 0 Å². The molecular weight excluding hydrogens is 120 g/mol. The second-order valence-corrected chi connectivity index (χ2v) is 4.26. The van der Waals surface area contributed by atoms with Crippen molar-refractivity contribution in [1.82, 2.24) is 0 Å². The molecule has 1 spiro atoms. The van der Waals surface area contributed by atoms with E-state index in [1.165, 1.54) is 25.7 Å². The fourth-order valence-corrected chi connectivity index (χ4v) is 2.06. The maximum atomic E-state index is 2.46. The topological polar surface area (TPSA) is 0 Å². The highest BCUT2D eigenvalue weighted by Crippen LogP contribution is 2.56. The van der Waals surface area contributed by atoms with Gasteiger partial charge < -0.3 is 0 Å². The minimum absolute atomic E-state index is 0.804. The van der Waals surface area contributed by atoms with Crippen molar-refractivity contribution >= 4 is 0 Å². The summed E-state index contributed by atoms with van der Waals surface area (Å²) in [5.74, 6) is 0.872. The zero-order valence-corrected chi connectivity index (χ0v) is 6.98. The van der Waals surface area contributed by atoms with Crippen molar-refractivity contribution in [3.8, 4) is 0 Å². The van der Waals surface area contributed by atoms with Gasteiger partial charge in [0, 0.05) is 0 Å². The fourth-order valence-electron chi connectivity index (χ4n) is 2.06. The van der Waals surface area contributed by atoms with Gasteiger partial charge in [0.1, 0.15) is 0 Å². The molecule has 0 heterocycles. The van der Waals surface area contributed by atoms with Crippen LogP contribution in [0.2, 0.25) is 0 Å². The molecule has 10 heavy (non-hydrogen) atoms. The highest BCUT2D eigenvalue weighted by Gasteiger charge is 2.44. The molecule has 0 aromatic rings. The number of hydrogen-bond donors (Lipinski definition) is 0. The fraction of sp³-hybridized carbons (Fsp3) is 0.800. The zero-order valence-electron chi connectivity index (χ0n) is 6.98. The van der Waals surface area contributed by atoms with Crippen LogP contribution in [0, 0.1) is 11.3 Å². The van der Waals surface area contributed by atoms with Crippen LogP contribution in [0.1, 0.15) is 39.5 Å². The average molecular weight is 136 g/mol. The van der Waals surface area contributed by atoms with E-state index in [-0.39, 0.29) is 0 Å². The first-order valence-corrected chi connectivity index (χ1v) is 4.39. The molecule has 2 aliphatic carbocycles. The Labute approximate surface area is 63.3 Å². The molecule has 1 unspecified atom stereocenters. The van der Waals surface area contributed by atoms with Crippen molar-refractivity contribution in [2.24, 2.45) is 11.3 Å². The van der Waals surface area contributed by atoms with Crippen LogP contribution in [0.15, 0.2) is 11.6 Å². The standard InChI is InChI=1S/C10H16/c1-8-3-4-10(5-6-10)7-9(8)2/h3,9H,4-7H2,1-2H3. The minimum atomic E-state index is 0.804. The number of rotatable bonds is 0. The van der Waals surface area contributed by atoms with Crippen LogP contribution in [-0.4, -0.2) is 0 Å². The van der Waals surface area contributed by atoms with Gasteiger partial charge in [-0.15, -0.1) is 0 Å². The predicted molar refractivity (Wildman–Crippen MR) is 43.8 cm³/mol. The Balaban J connectivity index is 2.13. The highest BCUT2D eigenvalue weighted by molar-refractivity contribution is 5.14. The van der Waals surface area contributed by atoms with Gasteiger partial charge in [0.2, 0.25) is 0 Å².